The molecule has 0 amide bonds. The molecule has 2 nitrogen and oxygen atoms in total. The van der Waals surface area contributed by atoms with E-state index in [2.05, 4.69) is 6.92 Å². The summed E-state index contributed by atoms with van der Waals surface area (Å²) in [5.74, 6) is 0.814. The van der Waals surface area contributed by atoms with Crippen LogP contribution in [-0.2, 0) is 4.79 Å². The van der Waals surface area contributed by atoms with Gasteiger partial charge in [0, 0.05) is 12.7 Å². The molecule has 0 aromatic rings. The predicted octanol–water partition coefficient (Wildman–Crippen LogP) is 1.05. The molecule has 3 heteroatoms. The minimum absolute atomic E-state index is 0.213. The fourth-order valence-electron chi connectivity index (χ4n) is 0.601. The number of carbonyl (C=O) groups is 1. The molecule has 0 aliphatic carbocycles. The molecular formula is C6H9NOS. The molecular weight excluding hydrogens is 134 g/mol. The molecule has 1 aliphatic rings. The van der Waals surface area contributed by atoms with Gasteiger partial charge in [0.1, 0.15) is 0 Å². The Hall–Kier alpha value is -0.440. The first-order valence-electron chi connectivity index (χ1n) is 2.93. The Morgan fingerprint density at radius 2 is 2.67 bits per heavy atom. The van der Waals surface area contributed by atoms with Crippen molar-refractivity contribution in [2.45, 2.75) is 6.92 Å². The molecule has 0 aromatic heterocycles. The van der Waals surface area contributed by atoms with Gasteiger partial charge in [-0.15, -0.1) is 0 Å². The lowest BCUT2D eigenvalue weighted by atomic mass is 10.4. The van der Waals surface area contributed by atoms with Gasteiger partial charge in [0.25, 0.3) is 0 Å². The number of rotatable bonds is 1. The summed E-state index contributed by atoms with van der Waals surface area (Å²) in [5, 5.41) is 0. The summed E-state index contributed by atoms with van der Waals surface area (Å²) in [4.78, 5) is 10.6. The lowest BCUT2D eigenvalue weighted by Crippen LogP contribution is -2.15. The second-order valence-corrected chi connectivity index (χ2v) is 2.80. The van der Waals surface area contributed by atoms with Crippen LogP contribution >= 0.6 is 11.9 Å². The molecule has 0 saturated heterocycles. The van der Waals surface area contributed by atoms with E-state index < -0.39 is 0 Å². The molecule has 0 aromatic carbocycles. The van der Waals surface area contributed by atoms with E-state index in [0.29, 0.717) is 5.75 Å². The third-order valence-electron chi connectivity index (χ3n) is 1.11. The second-order valence-electron chi connectivity index (χ2n) is 1.79. The van der Waals surface area contributed by atoms with Crippen LogP contribution in [0.2, 0.25) is 0 Å². The predicted molar refractivity (Wildman–Crippen MR) is 39.0 cm³/mol. The van der Waals surface area contributed by atoms with Crippen molar-refractivity contribution in [2.75, 3.05) is 12.3 Å². The average Bonchev–Trinajstić information content (AvgIpc) is 1.90. The molecule has 0 N–H and O–H groups in total. The summed E-state index contributed by atoms with van der Waals surface area (Å²) in [6, 6.07) is 0. The van der Waals surface area contributed by atoms with Crippen molar-refractivity contribution in [3.8, 4) is 0 Å². The molecule has 0 radical (unpaired) electrons. The van der Waals surface area contributed by atoms with Crippen molar-refractivity contribution in [1.82, 2.24) is 4.31 Å². The van der Waals surface area contributed by atoms with E-state index in [1.807, 2.05) is 10.5 Å². The van der Waals surface area contributed by atoms with E-state index in [1.165, 1.54) is 0 Å². The Labute approximate surface area is 59.0 Å². The van der Waals surface area contributed by atoms with Crippen molar-refractivity contribution in [3.63, 3.8) is 0 Å². The molecule has 9 heavy (non-hydrogen) atoms. The fourth-order valence-corrected chi connectivity index (χ4v) is 1.32. The molecule has 1 heterocycles. The van der Waals surface area contributed by atoms with Crippen LogP contribution in [0.15, 0.2) is 12.3 Å². The van der Waals surface area contributed by atoms with Crippen LogP contribution in [0.1, 0.15) is 6.92 Å². The van der Waals surface area contributed by atoms with Gasteiger partial charge >= 0.3 is 0 Å². The largest absolute Gasteiger partial charge is 0.323 e. The van der Waals surface area contributed by atoms with Crippen LogP contribution in [0.5, 0.6) is 0 Å². The lowest BCUT2D eigenvalue weighted by Gasteiger charge is -2.18. The zero-order valence-corrected chi connectivity index (χ0v) is 6.15. The van der Waals surface area contributed by atoms with E-state index in [9.17, 15) is 4.79 Å². The van der Waals surface area contributed by atoms with Gasteiger partial charge in [0.05, 0.1) is 5.75 Å². The van der Waals surface area contributed by atoms with E-state index in [0.717, 1.165) is 6.54 Å². The molecule has 0 saturated carbocycles. The fraction of sp³-hybridized carbons (Fsp3) is 0.500. The van der Waals surface area contributed by atoms with Crippen LogP contribution in [-0.4, -0.2) is 22.4 Å². The topological polar surface area (TPSA) is 20.3 Å². The van der Waals surface area contributed by atoms with Crippen molar-refractivity contribution in [2.24, 2.45) is 0 Å². The molecule has 0 spiro atoms. The van der Waals surface area contributed by atoms with Gasteiger partial charge in [-0.3, -0.25) is 4.79 Å². The van der Waals surface area contributed by atoms with Gasteiger partial charge in [-0.2, -0.15) is 0 Å². The lowest BCUT2D eigenvalue weighted by molar-refractivity contribution is -0.112. The summed E-state index contributed by atoms with van der Waals surface area (Å²) >= 11 is 1.57. The highest BCUT2D eigenvalue weighted by molar-refractivity contribution is 7.97. The maximum absolute atomic E-state index is 10.6. The SMILES string of the molecule is CCN1C=CC(=O)CS1. The standard InChI is InChI=1S/C6H9NOS/c1-2-7-4-3-6(8)5-9-7/h3-4H,2,5H2,1H3. The van der Waals surface area contributed by atoms with Gasteiger partial charge in [-0.05, 0) is 24.9 Å². The van der Waals surface area contributed by atoms with Crippen LogP contribution in [0, 0.1) is 0 Å². The average molecular weight is 143 g/mol. The molecule has 1 rings (SSSR count). The first kappa shape index (κ1) is 6.68. The monoisotopic (exact) mass is 143 g/mol. The Kier molecular flexibility index (Phi) is 2.16. The van der Waals surface area contributed by atoms with Crippen LogP contribution in [0.25, 0.3) is 0 Å². The van der Waals surface area contributed by atoms with E-state index in [1.54, 1.807) is 18.0 Å². The number of nitrogens with zero attached hydrogens (tertiary/aromatic N) is 1. The first-order chi connectivity index (χ1) is 4.33. The van der Waals surface area contributed by atoms with Gasteiger partial charge in [0.2, 0.25) is 0 Å². The maximum atomic E-state index is 10.6. The number of allylic oxidation sites excluding steroid dienone is 1. The van der Waals surface area contributed by atoms with E-state index in [4.69, 9.17) is 0 Å². The minimum Gasteiger partial charge on any atom is -0.323 e. The Balaban J connectivity index is 2.48. The first-order valence-corrected chi connectivity index (χ1v) is 3.87. The van der Waals surface area contributed by atoms with Crippen molar-refractivity contribution in [1.29, 1.82) is 0 Å². The number of carbonyl (C=O) groups excluding carboxylic acids is 1. The highest BCUT2D eigenvalue weighted by atomic mass is 32.2. The summed E-state index contributed by atoms with van der Waals surface area (Å²) < 4.78 is 2.04. The normalized spacial score (nSPS) is 18.8. The van der Waals surface area contributed by atoms with Crippen LogP contribution in [0.3, 0.4) is 0 Å². The Morgan fingerprint density at radius 1 is 1.89 bits per heavy atom. The van der Waals surface area contributed by atoms with Gasteiger partial charge in [-0.1, -0.05) is 0 Å². The van der Waals surface area contributed by atoms with E-state index in [-0.39, 0.29) is 5.78 Å². The number of ketones is 1. The quantitative estimate of drug-likeness (QED) is 0.512. The maximum Gasteiger partial charge on any atom is 0.168 e. The van der Waals surface area contributed by atoms with Crippen LogP contribution < -0.4 is 0 Å². The molecule has 0 unspecified atom stereocenters. The van der Waals surface area contributed by atoms with Crippen molar-refractivity contribution >= 4 is 17.7 Å². The summed E-state index contributed by atoms with van der Waals surface area (Å²) in [6.07, 6.45) is 3.45. The highest BCUT2D eigenvalue weighted by Crippen LogP contribution is 2.14. The Bertz CT molecular complexity index is 144. The molecule has 50 valence electrons. The number of hydrogen-bond acceptors (Lipinski definition) is 3. The Morgan fingerprint density at radius 3 is 3.11 bits per heavy atom. The minimum atomic E-state index is 0.213. The molecule has 0 atom stereocenters. The third kappa shape index (κ3) is 1.75. The van der Waals surface area contributed by atoms with Gasteiger partial charge < -0.3 is 4.31 Å². The summed E-state index contributed by atoms with van der Waals surface area (Å²) in [6.45, 7) is 3.03. The molecule has 0 fully saturated rings. The smallest absolute Gasteiger partial charge is 0.168 e. The zero-order chi connectivity index (χ0) is 6.69. The van der Waals surface area contributed by atoms with Gasteiger partial charge in [-0.25, -0.2) is 0 Å². The summed E-state index contributed by atoms with van der Waals surface area (Å²) in [7, 11) is 0. The number of hydrogen-bond donors (Lipinski definition) is 0. The van der Waals surface area contributed by atoms with Crippen LogP contribution in [0.4, 0.5) is 0 Å². The summed E-state index contributed by atoms with van der Waals surface area (Å²) in [5.41, 5.74) is 0. The molecule has 0 bridgehead atoms. The zero-order valence-electron chi connectivity index (χ0n) is 5.33. The molecule has 1 aliphatic heterocycles. The van der Waals surface area contributed by atoms with E-state index >= 15 is 0 Å². The highest BCUT2D eigenvalue weighted by Gasteiger charge is 2.06. The third-order valence-corrected chi connectivity index (χ3v) is 2.24. The van der Waals surface area contributed by atoms with Crippen molar-refractivity contribution < 1.29 is 4.79 Å². The van der Waals surface area contributed by atoms with Crippen molar-refractivity contribution in [3.05, 3.63) is 12.3 Å². The second kappa shape index (κ2) is 2.92. The van der Waals surface area contributed by atoms with Gasteiger partial charge in [0.15, 0.2) is 5.78 Å².